The SMILES string of the molecule is CCCC[Si](C)(C)O[Si](C)(C)O[Si](C)(C)CCCOC(=O)C(C)C(C)CC(C)(C)C(=O)OCC(C)C. The van der Waals surface area contributed by atoms with E-state index < -0.39 is 30.6 Å². The van der Waals surface area contributed by atoms with Crippen molar-refractivity contribution in [3.8, 4) is 0 Å². The van der Waals surface area contributed by atoms with Gasteiger partial charge in [-0.15, -0.1) is 0 Å². The Morgan fingerprint density at radius 1 is 0.806 bits per heavy atom. The summed E-state index contributed by atoms with van der Waals surface area (Å²) in [7, 11) is -5.85. The maximum atomic E-state index is 12.7. The van der Waals surface area contributed by atoms with E-state index in [-0.39, 0.29) is 23.8 Å². The molecule has 0 saturated carbocycles. The number of ether oxygens (including phenoxy) is 2. The minimum absolute atomic E-state index is 0.0115. The molecule has 0 aromatic rings. The summed E-state index contributed by atoms with van der Waals surface area (Å²) in [5.74, 6) is -0.371. The van der Waals surface area contributed by atoms with Crippen molar-refractivity contribution in [2.24, 2.45) is 23.2 Å². The zero-order valence-corrected chi connectivity index (χ0v) is 28.8. The van der Waals surface area contributed by atoms with Crippen molar-refractivity contribution in [1.82, 2.24) is 0 Å². The quantitative estimate of drug-likeness (QED) is 0.0966. The van der Waals surface area contributed by atoms with Crippen LogP contribution in [-0.4, -0.2) is 50.3 Å². The van der Waals surface area contributed by atoms with E-state index in [0.29, 0.717) is 25.6 Å². The molecular weight excluding hydrogens is 505 g/mol. The topological polar surface area (TPSA) is 71.1 Å². The smallest absolute Gasteiger partial charge is 0.311 e. The summed E-state index contributed by atoms with van der Waals surface area (Å²) in [6.07, 6.45) is 3.78. The maximum absolute atomic E-state index is 12.7. The number of carbonyl (C=O) groups excluding carboxylic acids is 2. The second kappa shape index (κ2) is 15.2. The van der Waals surface area contributed by atoms with Crippen LogP contribution < -0.4 is 0 Å². The number of unbranched alkanes of at least 4 members (excludes halogenated alkanes) is 1. The Hall–Kier alpha value is -0.489. The first-order valence-corrected chi connectivity index (χ1v) is 23.0. The predicted octanol–water partition coefficient (Wildman–Crippen LogP) is 7.75. The van der Waals surface area contributed by atoms with Gasteiger partial charge in [0.05, 0.1) is 24.5 Å². The summed E-state index contributed by atoms with van der Waals surface area (Å²) in [4.78, 5) is 25.2. The average Bonchev–Trinajstić information content (AvgIpc) is 2.70. The third kappa shape index (κ3) is 15.1. The first kappa shape index (κ1) is 35.5. The summed E-state index contributed by atoms with van der Waals surface area (Å²) in [5.41, 5.74) is -0.636. The van der Waals surface area contributed by atoms with E-state index in [4.69, 9.17) is 17.7 Å². The first-order valence-electron chi connectivity index (χ1n) is 14.0. The van der Waals surface area contributed by atoms with Gasteiger partial charge in [0.1, 0.15) is 0 Å². The van der Waals surface area contributed by atoms with Crippen LogP contribution in [0.15, 0.2) is 0 Å². The van der Waals surface area contributed by atoms with Crippen LogP contribution in [0.2, 0.25) is 51.4 Å². The summed E-state index contributed by atoms with van der Waals surface area (Å²) < 4.78 is 24.3. The molecule has 0 heterocycles. The second-order valence-corrected chi connectivity index (χ2v) is 25.8. The Morgan fingerprint density at radius 3 is 1.78 bits per heavy atom. The van der Waals surface area contributed by atoms with Gasteiger partial charge in [-0.25, -0.2) is 0 Å². The highest BCUT2D eigenvalue weighted by molar-refractivity contribution is 6.87. The highest BCUT2D eigenvalue weighted by atomic mass is 28.5. The van der Waals surface area contributed by atoms with Gasteiger partial charge in [0.15, 0.2) is 16.6 Å². The summed E-state index contributed by atoms with van der Waals surface area (Å²) >= 11 is 0. The van der Waals surface area contributed by atoms with E-state index in [1.165, 1.54) is 18.9 Å². The number of hydrogen-bond donors (Lipinski definition) is 0. The highest BCUT2D eigenvalue weighted by Crippen LogP contribution is 2.32. The van der Waals surface area contributed by atoms with Crippen LogP contribution in [0.3, 0.4) is 0 Å². The molecule has 0 aliphatic carbocycles. The molecule has 0 aromatic carbocycles. The molecule has 9 heteroatoms. The van der Waals surface area contributed by atoms with Crippen LogP contribution in [0.1, 0.15) is 74.1 Å². The molecule has 0 aliphatic heterocycles. The van der Waals surface area contributed by atoms with E-state index in [9.17, 15) is 9.59 Å². The normalized spacial score (nSPS) is 15.1. The van der Waals surface area contributed by atoms with Gasteiger partial charge >= 0.3 is 20.5 Å². The van der Waals surface area contributed by atoms with Crippen LogP contribution in [0.5, 0.6) is 0 Å². The van der Waals surface area contributed by atoms with Crippen LogP contribution in [0, 0.1) is 23.2 Å². The van der Waals surface area contributed by atoms with Crippen molar-refractivity contribution in [3.05, 3.63) is 0 Å². The lowest BCUT2D eigenvalue weighted by Gasteiger charge is -2.38. The van der Waals surface area contributed by atoms with Gasteiger partial charge < -0.3 is 17.7 Å². The molecule has 0 saturated heterocycles. The number of carbonyl (C=O) groups is 2. The van der Waals surface area contributed by atoms with E-state index in [0.717, 1.165) is 12.5 Å². The van der Waals surface area contributed by atoms with Gasteiger partial charge in [-0.3, -0.25) is 9.59 Å². The molecule has 0 aliphatic rings. The fourth-order valence-corrected chi connectivity index (χ4v) is 18.8. The highest BCUT2D eigenvalue weighted by Gasteiger charge is 2.39. The van der Waals surface area contributed by atoms with Crippen LogP contribution in [-0.2, 0) is 27.3 Å². The lowest BCUT2D eigenvalue weighted by molar-refractivity contribution is -0.158. The van der Waals surface area contributed by atoms with Gasteiger partial charge in [0.2, 0.25) is 0 Å². The van der Waals surface area contributed by atoms with Crippen molar-refractivity contribution < 1.29 is 27.3 Å². The van der Waals surface area contributed by atoms with E-state index in [1.54, 1.807) is 0 Å². The fraction of sp³-hybridized carbons (Fsp3) is 0.926. The zero-order valence-electron chi connectivity index (χ0n) is 25.8. The Bertz CT molecular complexity index is 676. The van der Waals surface area contributed by atoms with Crippen LogP contribution >= 0.6 is 0 Å². The number of esters is 2. The van der Waals surface area contributed by atoms with Crippen molar-refractivity contribution in [3.63, 3.8) is 0 Å². The van der Waals surface area contributed by atoms with Crippen molar-refractivity contribution in [2.75, 3.05) is 13.2 Å². The van der Waals surface area contributed by atoms with Gasteiger partial charge in [-0.1, -0.05) is 47.5 Å². The molecule has 0 aromatic heterocycles. The minimum atomic E-state index is -2.21. The Balaban J connectivity index is 4.62. The molecule has 0 rings (SSSR count). The molecule has 0 radical (unpaired) electrons. The lowest BCUT2D eigenvalue weighted by atomic mass is 9.79. The van der Waals surface area contributed by atoms with Gasteiger partial charge in [0.25, 0.3) is 0 Å². The molecule has 6 nitrogen and oxygen atoms in total. The van der Waals surface area contributed by atoms with Crippen molar-refractivity contribution >= 4 is 37.1 Å². The standard InChI is InChI=1S/C27H58O6Si3/c1-14-15-18-34(8,9)32-36(12,13)33-35(10,11)19-16-17-30-25(28)24(5)23(4)20-27(6,7)26(29)31-21-22(2)3/h22-24H,14-21H2,1-13H3. The Kier molecular flexibility index (Phi) is 15.0. The molecule has 0 N–H and O–H groups in total. The lowest BCUT2D eigenvalue weighted by Crippen LogP contribution is -2.52. The Labute approximate surface area is 226 Å². The number of rotatable bonds is 18. The van der Waals surface area contributed by atoms with E-state index in [2.05, 4.69) is 46.2 Å². The van der Waals surface area contributed by atoms with Gasteiger partial charge in [-0.2, -0.15) is 0 Å². The fourth-order valence-electron chi connectivity index (χ4n) is 4.59. The van der Waals surface area contributed by atoms with Gasteiger partial charge in [-0.05, 0) is 89.9 Å². The molecule has 0 fully saturated rings. The third-order valence-corrected chi connectivity index (χ3v) is 18.0. The summed E-state index contributed by atoms with van der Waals surface area (Å²) in [6, 6.07) is 2.10. The molecule has 0 spiro atoms. The number of hydrogen-bond acceptors (Lipinski definition) is 6. The maximum Gasteiger partial charge on any atom is 0.311 e. The van der Waals surface area contributed by atoms with Crippen molar-refractivity contribution in [2.45, 2.75) is 126 Å². The molecule has 0 amide bonds. The first-order chi connectivity index (χ1) is 16.2. The molecule has 0 bridgehead atoms. The molecule has 214 valence electrons. The minimum Gasteiger partial charge on any atom is -0.465 e. The Morgan fingerprint density at radius 2 is 1.31 bits per heavy atom. The van der Waals surface area contributed by atoms with E-state index >= 15 is 0 Å². The molecule has 36 heavy (non-hydrogen) atoms. The van der Waals surface area contributed by atoms with Crippen molar-refractivity contribution in [1.29, 1.82) is 0 Å². The molecule has 2 atom stereocenters. The summed E-state index contributed by atoms with van der Waals surface area (Å²) in [5, 5.41) is 0. The average molecular weight is 563 g/mol. The second-order valence-electron chi connectivity index (χ2n) is 13.3. The largest absolute Gasteiger partial charge is 0.465 e. The van der Waals surface area contributed by atoms with Gasteiger partial charge in [0, 0.05) is 0 Å². The monoisotopic (exact) mass is 562 g/mol. The molecular formula is C27H58O6Si3. The predicted molar refractivity (Wildman–Crippen MR) is 157 cm³/mol. The zero-order chi connectivity index (χ0) is 28.4. The van der Waals surface area contributed by atoms with Crippen LogP contribution in [0.25, 0.3) is 0 Å². The summed E-state index contributed by atoms with van der Waals surface area (Å²) in [6.45, 7) is 28.2. The van der Waals surface area contributed by atoms with E-state index in [1.807, 2.05) is 41.5 Å². The third-order valence-electron chi connectivity index (χ3n) is 6.50. The molecule has 2 unspecified atom stereocenters. The van der Waals surface area contributed by atoms with Crippen LogP contribution in [0.4, 0.5) is 0 Å².